The van der Waals surface area contributed by atoms with Gasteiger partial charge in [-0.2, -0.15) is 0 Å². The highest BCUT2D eigenvalue weighted by molar-refractivity contribution is 7.17. The monoisotopic (exact) mass is 400 g/mol. The van der Waals surface area contributed by atoms with Gasteiger partial charge < -0.3 is 10.1 Å². The van der Waals surface area contributed by atoms with Gasteiger partial charge in [0.1, 0.15) is 5.00 Å². The van der Waals surface area contributed by atoms with Crippen molar-refractivity contribution in [3.05, 3.63) is 62.0 Å². The Morgan fingerprint density at radius 3 is 2.89 bits per heavy atom. The Morgan fingerprint density at radius 1 is 1.39 bits per heavy atom. The third kappa shape index (κ3) is 4.28. The molecular formula is C20H20N2O5S. The first kappa shape index (κ1) is 19.8. The van der Waals surface area contributed by atoms with Gasteiger partial charge in [0, 0.05) is 23.1 Å². The van der Waals surface area contributed by atoms with E-state index in [4.69, 9.17) is 4.74 Å². The fourth-order valence-corrected chi connectivity index (χ4v) is 4.63. The third-order valence-corrected chi connectivity index (χ3v) is 5.82. The normalized spacial score (nSPS) is 15.9. The molecule has 1 heterocycles. The zero-order chi connectivity index (χ0) is 20.3. The van der Waals surface area contributed by atoms with Crippen molar-refractivity contribution in [2.24, 2.45) is 5.92 Å². The summed E-state index contributed by atoms with van der Waals surface area (Å²) in [7, 11) is 1.33. The number of nitro benzene ring substituents is 1. The van der Waals surface area contributed by atoms with E-state index in [-0.39, 0.29) is 5.69 Å². The Kier molecular flexibility index (Phi) is 5.89. The first-order valence-corrected chi connectivity index (χ1v) is 9.67. The van der Waals surface area contributed by atoms with Crippen molar-refractivity contribution in [2.75, 3.05) is 12.4 Å². The van der Waals surface area contributed by atoms with E-state index in [1.54, 1.807) is 12.1 Å². The van der Waals surface area contributed by atoms with Crippen molar-refractivity contribution in [2.45, 2.75) is 26.2 Å². The number of hydrogen-bond donors (Lipinski definition) is 1. The van der Waals surface area contributed by atoms with Crippen LogP contribution >= 0.6 is 11.3 Å². The number of hydrogen-bond acceptors (Lipinski definition) is 6. The van der Waals surface area contributed by atoms with E-state index in [9.17, 15) is 19.7 Å². The van der Waals surface area contributed by atoms with Gasteiger partial charge in [0.05, 0.1) is 17.6 Å². The Morgan fingerprint density at radius 2 is 2.18 bits per heavy atom. The van der Waals surface area contributed by atoms with Crippen molar-refractivity contribution in [1.29, 1.82) is 0 Å². The molecule has 1 N–H and O–H groups in total. The van der Waals surface area contributed by atoms with Gasteiger partial charge in [-0.25, -0.2) is 4.79 Å². The first-order chi connectivity index (χ1) is 13.4. The molecule has 0 bridgehead atoms. The number of rotatable bonds is 5. The van der Waals surface area contributed by atoms with Crippen molar-refractivity contribution >= 4 is 40.0 Å². The molecule has 0 aliphatic heterocycles. The summed E-state index contributed by atoms with van der Waals surface area (Å²) in [6.07, 6.45) is 5.45. The van der Waals surface area contributed by atoms with Crippen LogP contribution in [0.3, 0.4) is 0 Å². The van der Waals surface area contributed by atoms with Gasteiger partial charge in [0.2, 0.25) is 5.91 Å². The second kappa shape index (κ2) is 8.35. The number of benzene rings is 1. The number of nitro groups is 1. The average Bonchev–Trinajstić information content (AvgIpc) is 3.02. The van der Waals surface area contributed by atoms with Crippen LogP contribution in [0.4, 0.5) is 10.7 Å². The van der Waals surface area contributed by atoms with Crippen molar-refractivity contribution < 1.29 is 19.2 Å². The quantitative estimate of drug-likeness (QED) is 0.351. The van der Waals surface area contributed by atoms with Crippen LogP contribution in [-0.4, -0.2) is 23.9 Å². The molecule has 7 nitrogen and oxygen atoms in total. The van der Waals surface area contributed by atoms with Crippen LogP contribution in [-0.2, 0) is 22.4 Å². The average molecular weight is 400 g/mol. The SMILES string of the molecule is COC(=O)c1c(NC(=O)C=Cc2cccc([N+](=O)[O-])c2)sc2c1CCC(C)C2. The van der Waals surface area contributed by atoms with Crippen LogP contribution in [0.2, 0.25) is 0 Å². The summed E-state index contributed by atoms with van der Waals surface area (Å²) in [5.74, 6) is -0.331. The standard InChI is InChI=1S/C20H20N2O5S/c1-12-6-8-15-16(10-12)28-19(18(15)20(24)27-2)21-17(23)9-7-13-4-3-5-14(11-13)22(25)26/h3-5,7,9,11-12H,6,8,10H2,1-2H3,(H,21,23). The maximum Gasteiger partial charge on any atom is 0.341 e. The van der Waals surface area contributed by atoms with Crippen LogP contribution in [0.5, 0.6) is 0 Å². The number of thiophene rings is 1. The number of ether oxygens (including phenoxy) is 1. The summed E-state index contributed by atoms with van der Waals surface area (Å²) in [6, 6.07) is 5.99. The molecule has 0 radical (unpaired) electrons. The van der Waals surface area contributed by atoms with Crippen molar-refractivity contribution in [3.63, 3.8) is 0 Å². The van der Waals surface area contributed by atoms with E-state index in [1.807, 2.05) is 0 Å². The zero-order valence-electron chi connectivity index (χ0n) is 15.6. The van der Waals surface area contributed by atoms with Gasteiger partial charge in [0.15, 0.2) is 0 Å². The molecule has 3 rings (SSSR count). The smallest absolute Gasteiger partial charge is 0.341 e. The number of non-ortho nitro benzene ring substituents is 1. The maximum atomic E-state index is 12.4. The fraction of sp³-hybridized carbons (Fsp3) is 0.300. The summed E-state index contributed by atoms with van der Waals surface area (Å²) >= 11 is 1.41. The molecule has 1 aromatic heterocycles. The number of esters is 1. The lowest BCUT2D eigenvalue weighted by molar-refractivity contribution is -0.384. The zero-order valence-corrected chi connectivity index (χ0v) is 16.4. The van der Waals surface area contributed by atoms with Gasteiger partial charge in [0.25, 0.3) is 5.69 Å². The van der Waals surface area contributed by atoms with E-state index in [0.29, 0.717) is 22.0 Å². The number of fused-ring (bicyclic) bond motifs is 1. The Bertz CT molecular complexity index is 964. The van der Waals surface area contributed by atoms with Gasteiger partial charge >= 0.3 is 5.97 Å². The number of amides is 1. The number of methoxy groups -OCH3 is 1. The first-order valence-electron chi connectivity index (χ1n) is 8.85. The molecule has 0 spiro atoms. The minimum atomic E-state index is -0.489. The lowest BCUT2D eigenvalue weighted by Gasteiger charge is -2.18. The molecule has 0 saturated carbocycles. The molecule has 8 heteroatoms. The molecule has 0 saturated heterocycles. The predicted molar refractivity (Wildman–Crippen MR) is 108 cm³/mol. The molecule has 0 fully saturated rings. The van der Waals surface area contributed by atoms with Crippen molar-refractivity contribution in [1.82, 2.24) is 0 Å². The van der Waals surface area contributed by atoms with E-state index in [0.717, 1.165) is 29.7 Å². The number of carbonyl (C=O) groups is 2. The van der Waals surface area contributed by atoms with Crippen LogP contribution < -0.4 is 5.32 Å². The predicted octanol–water partition coefficient (Wildman–Crippen LogP) is 4.22. The van der Waals surface area contributed by atoms with Crippen LogP contribution in [0.15, 0.2) is 30.3 Å². The molecule has 1 amide bonds. The van der Waals surface area contributed by atoms with Crippen LogP contribution in [0.25, 0.3) is 6.08 Å². The van der Waals surface area contributed by atoms with Gasteiger partial charge in [-0.05, 0) is 42.4 Å². The molecule has 146 valence electrons. The minimum Gasteiger partial charge on any atom is -0.465 e. The molecule has 1 aliphatic rings. The lowest BCUT2D eigenvalue weighted by atomic mass is 9.88. The molecule has 1 atom stereocenters. The molecular weight excluding hydrogens is 380 g/mol. The summed E-state index contributed by atoms with van der Waals surface area (Å²) < 4.78 is 4.91. The molecule has 28 heavy (non-hydrogen) atoms. The van der Waals surface area contributed by atoms with Crippen LogP contribution in [0.1, 0.15) is 39.7 Å². The Balaban J connectivity index is 1.81. The lowest BCUT2D eigenvalue weighted by Crippen LogP contribution is -2.14. The molecule has 1 aliphatic carbocycles. The topological polar surface area (TPSA) is 98.5 Å². The summed E-state index contributed by atoms with van der Waals surface area (Å²) in [5.41, 5.74) is 1.90. The highest BCUT2D eigenvalue weighted by Gasteiger charge is 2.28. The van der Waals surface area contributed by atoms with Crippen molar-refractivity contribution in [3.8, 4) is 0 Å². The Hall–Kier alpha value is -3.00. The summed E-state index contributed by atoms with van der Waals surface area (Å²) in [4.78, 5) is 36.1. The number of carbonyl (C=O) groups excluding carboxylic acids is 2. The van der Waals surface area contributed by atoms with E-state index >= 15 is 0 Å². The van der Waals surface area contributed by atoms with Gasteiger partial charge in [-0.15, -0.1) is 11.3 Å². The molecule has 1 aromatic carbocycles. The number of nitrogens with zero attached hydrogens (tertiary/aromatic N) is 1. The number of anilines is 1. The second-order valence-corrected chi connectivity index (χ2v) is 7.83. The molecule has 2 aromatic rings. The highest BCUT2D eigenvalue weighted by atomic mass is 32.1. The second-order valence-electron chi connectivity index (χ2n) is 6.72. The summed E-state index contributed by atoms with van der Waals surface area (Å²) in [6.45, 7) is 2.17. The van der Waals surface area contributed by atoms with Gasteiger partial charge in [-0.3, -0.25) is 14.9 Å². The minimum absolute atomic E-state index is 0.0458. The van der Waals surface area contributed by atoms with E-state index < -0.39 is 16.8 Å². The highest BCUT2D eigenvalue weighted by Crippen LogP contribution is 2.40. The number of nitrogens with one attached hydrogen (secondary N) is 1. The Labute approximate surface area is 166 Å². The van der Waals surface area contributed by atoms with E-state index in [2.05, 4.69) is 12.2 Å². The maximum absolute atomic E-state index is 12.4. The summed E-state index contributed by atoms with van der Waals surface area (Å²) in [5, 5.41) is 14.1. The molecule has 1 unspecified atom stereocenters. The third-order valence-electron chi connectivity index (χ3n) is 4.65. The van der Waals surface area contributed by atoms with E-state index in [1.165, 1.54) is 42.7 Å². The van der Waals surface area contributed by atoms with Crippen LogP contribution in [0, 0.1) is 16.0 Å². The largest absolute Gasteiger partial charge is 0.465 e. The van der Waals surface area contributed by atoms with Gasteiger partial charge in [-0.1, -0.05) is 19.1 Å². The fourth-order valence-electron chi connectivity index (χ4n) is 3.22.